The summed E-state index contributed by atoms with van der Waals surface area (Å²) in [5, 5.41) is 7.17. The molecule has 0 fully saturated rings. The molecule has 0 spiro atoms. The number of rotatable bonds is 3. The zero-order valence-electron chi connectivity index (χ0n) is 14.6. The van der Waals surface area contributed by atoms with Crippen LogP contribution in [-0.2, 0) is 11.8 Å². The first-order valence-corrected chi connectivity index (χ1v) is 7.88. The molecular formula is C19H17N3O4. The van der Waals surface area contributed by atoms with E-state index < -0.39 is 17.3 Å². The molecule has 7 nitrogen and oxygen atoms in total. The number of benzene rings is 2. The Bertz CT molecular complexity index is 1070. The van der Waals surface area contributed by atoms with Gasteiger partial charge in [-0.15, -0.1) is 0 Å². The predicted octanol–water partition coefficient (Wildman–Crippen LogP) is 2.28. The summed E-state index contributed by atoms with van der Waals surface area (Å²) < 4.78 is 6.13. The van der Waals surface area contributed by atoms with Crippen molar-refractivity contribution in [2.75, 3.05) is 12.4 Å². The molecule has 0 radical (unpaired) electrons. The molecule has 1 aromatic heterocycles. The molecule has 0 atom stereocenters. The monoisotopic (exact) mass is 351 g/mol. The third-order valence-electron chi connectivity index (χ3n) is 3.99. The van der Waals surface area contributed by atoms with Crippen molar-refractivity contribution in [3.8, 4) is 0 Å². The van der Waals surface area contributed by atoms with Crippen LogP contribution in [0.15, 0.2) is 47.3 Å². The van der Waals surface area contributed by atoms with Crippen LogP contribution < -0.4 is 10.7 Å². The van der Waals surface area contributed by atoms with Gasteiger partial charge in [-0.25, -0.2) is 4.79 Å². The first-order valence-electron chi connectivity index (χ1n) is 7.88. The smallest absolute Gasteiger partial charge is 0.337 e. The van der Waals surface area contributed by atoms with Crippen molar-refractivity contribution >= 4 is 28.5 Å². The lowest BCUT2D eigenvalue weighted by Gasteiger charge is -2.09. The second-order valence-corrected chi connectivity index (χ2v) is 5.84. The van der Waals surface area contributed by atoms with Crippen LogP contribution in [0.5, 0.6) is 0 Å². The standard InChI is InChI=1S/C19H17N3O4/c1-11-4-9-15-14(10-11)17(23)16(21-22(15)2)18(24)20-13-7-5-12(6-8-13)19(25)26-3/h4-10H,1-3H3,(H,20,24). The summed E-state index contributed by atoms with van der Waals surface area (Å²) in [7, 11) is 2.97. The van der Waals surface area contributed by atoms with Crippen molar-refractivity contribution in [1.82, 2.24) is 9.78 Å². The quantitative estimate of drug-likeness (QED) is 0.731. The number of nitrogens with zero attached hydrogens (tertiary/aromatic N) is 2. The van der Waals surface area contributed by atoms with E-state index in [-0.39, 0.29) is 5.69 Å². The normalized spacial score (nSPS) is 10.6. The number of aromatic nitrogens is 2. The molecule has 1 amide bonds. The highest BCUT2D eigenvalue weighted by Crippen LogP contribution is 2.14. The van der Waals surface area contributed by atoms with Crippen molar-refractivity contribution in [3.63, 3.8) is 0 Å². The van der Waals surface area contributed by atoms with Crippen LogP contribution in [0.4, 0.5) is 5.69 Å². The van der Waals surface area contributed by atoms with Crippen LogP contribution in [0.25, 0.3) is 10.9 Å². The van der Waals surface area contributed by atoms with E-state index in [9.17, 15) is 14.4 Å². The number of aryl methyl sites for hydroxylation is 2. The van der Waals surface area contributed by atoms with Crippen molar-refractivity contribution in [2.45, 2.75) is 6.92 Å². The van der Waals surface area contributed by atoms with Gasteiger partial charge in [-0.2, -0.15) is 5.10 Å². The fraction of sp³-hybridized carbons (Fsp3) is 0.158. The molecule has 1 N–H and O–H groups in total. The van der Waals surface area contributed by atoms with E-state index in [1.54, 1.807) is 31.3 Å². The number of fused-ring (bicyclic) bond motifs is 1. The fourth-order valence-corrected chi connectivity index (χ4v) is 2.64. The van der Waals surface area contributed by atoms with E-state index in [0.717, 1.165) is 5.56 Å². The van der Waals surface area contributed by atoms with Crippen molar-refractivity contribution in [3.05, 3.63) is 69.5 Å². The number of carbonyl (C=O) groups excluding carboxylic acids is 2. The van der Waals surface area contributed by atoms with Crippen LogP contribution in [-0.4, -0.2) is 28.8 Å². The Labute approximate surface area is 149 Å². The van der Waals surface area contributed by atoms with Crippen LogP contribution in [0.3, 0.4) is 0 Å². The third-order valence-corrected chi connectivity index (χ3v) is 3.99. The molecule has 2 aromatic carbocycles. The molecule has 0 aliphatic heterocycles. The lowest BCUT2D eigenvalue weighted by atomic mass is 10.1. The Morgan fingerprint density at radius 3 is 2.46 bits per heavy atom. The van der Waals surface area contributed by atoms with Gasteiger partial charge in [0.1, 0.15) is 0 Å². The lowest BCUT2D eigenvalue weighted by molar-refractivity contribution is 0.0600. The van der Waals surface area contributed by atoms with Gasteiger partial charge in [0.2, 0.25) is 5.43 Å². The van der Waals surface area contributed by atoms with Gasteiger partial charge in [-0.1, -0.05) is 11.6 Å². The Morgan fingerprint density at radius 1 is 1.12 bits per heavy atom. The maximum absolute atomic E-state index is 12.6. The van der Waals surface area contributed by atoms with Gasteiger partial charge in [0, 0.05) is 12.7 Å². The van der Waals surface area contributed by atoms with Crippen LogP contribution in [0.1, 0.15) is 26.4 Å². The first-order chi connectivity index (χ1) is 12.4. The van der Waals surface area contributed by atoms with E-state index in [2.05, 4.69) is 15.2 Å². The fourth-order valence-electron chi connectivity index (χ4n) is 2.64. The maximum atomic E-state index is 12.6. The largest absolute Gasteiger partial charge is 0.465 e. The van der Waals surface area contributed by atoms with Gasteiger partial charge in [0.05, 0.1) is 23.6 Å². The van der Waals surface area contributed by atoms with Crippen LogP contribution in [0, 0.1) is 6.92 Å². The van der Waals surface area contributed by atoms with Gasteiger partial charge < -0.3 is 10.1 Å². The number of nitrogens with one attached hydrogen (secondary N) is 1. The van der Waals surface area contributed by atoms with Crippen LogP contribution in [0.2, 0.25) is 0 Å². The molecule has 0 unspecified atom stereocenters. The summed E-state index contributed by atoms with van der Waals surface area (Å²) in [6, 6.07) is 11.6. The highest BCUT2D eigenvalue weighted by atomic mass is 16.5. The molecule has 3 rings (SSSR count). The summed E-state index contributed by atoms with van der Waals surface area (Å²) in [5.74, 6) is -1.08. The Morgan fingerprint density at radius 2 is 1.81 bits per heavy atom. The van der Waals surface area contributed by atoms with E-state index in [1.807, 2.05) is 13.0 Å². The number of ether oxygens (including phenoxy) is 1. The molecule has 1 heterocycles. The number of methoxy groups -OCH3 is 1. The number of esters is 1. The molecule has 26 heavy (non-hydrogen) atoms. The average molecular weight is 351 g/mol. The summed E-state index contributed by atoms with van der Waals surface area (Å²) in [6.45, 7) is 1.88. The zero-order valence-corrected chi connectivity index (χ0v) is 14.6. The highest BCUT2D eigenvalue weighted by molar-refractivity contribution is 6.04. The van der Waals surface area contributed by atoms with E-state index in [4.69, 9.17) is 0 Å². The topological polar surface area (TPSA) is 90.3 Å². The average Bonchev–Trinajstić information content (AvgIpc) is 2.64. The summed E-state index contributed by atoms with van der Waals surface area (Å²) >= 11 is 0. The molecule has 0 aliphatic carbocycles. The Balaban J connectivity index is 1.94. The first kappa shape index (κ1) is 17.3. The predicted molar refractivity (Wildman–Crippen MR) is 97.5 cm³/mol. The van der Waals surface area contributed by atoms with Gasteiger partial charge in [0.25, 0.3) is 5.91 Å². The molecule has 3 aromatic rings. The lowest BCUT2D eigenvalue weighted by Crippen LogP contribution is -2.26. The van der Waals surface area contributed by atoms with Gasteiger partial charge in [0.15, 0.2) is 5.69 Å². The highest BCUT2D eigenvalue weighted by Gasteiger charge is 2.17. The molecule has 0 bridgehead atoms. The van der Waals surface area contributed by atoms with E-state index in [0.29, 0.717) is 22.2 Å². The number of hydrogen-bond acceptors (Lipinski definition) is 5. The Hall–Kier alpha value is -3.48. The molecular weight excluding hydrogens is 334 g/mol. The molecule has 0 aliphatic rings. The second kappa shape index (κ2) is 6.79. The Kier molecular flexibility index (Phi) is 4.53. The molecule has 0 saturated carbocycles. The van der Waals surface area contributed by atoms with E-state index >= 15 is 0 Å². The van der Waals surface area contributed by atoms with Gasteiger partial charge in [-0.05, 0) is 43.3 Å². The molecule has 7 heteroatoms. The summed E-state index contributed by atoms with van der Waals surface area (Å²) in [6.07, 6.45) is 0. The second-order valence-electron chi connectivity index (χ2n) is 5.84. The molecule has 0 saturated heterocycles. The number of hydrogen-bond donors (Lipinski definition) is 1. The number of carbonyl (C=O) groups is 2. The molecule has 132 valence electrons. The minimum Gasteiger partial charge on any atom is -0.465 e. The minimum atomic E-state index is -0.611. The van der Waals surface area contributed by atoms with Crippen molar-refractivity contribution in [2.24, 2.45) is 7.05 Å². The minimum absolute atomic E-state index is 0.192. The van der Waals surface area contributed by atoms with Crippen LogP contribution >= 0.6 is 0 Å². The van der Waals surface area contributed by atoms with Gasteiger partial charge in [-0.3, -0.25) is 14.3 Å². The number of amides is 1. The third kappa shape index (κ3) is 3.19. The SMILES string of the molecule is COC(=O)c1ccc(NC(=O)c2nn(C)c3ccc(C)cc3c2=O)cc1. The van der Waals surface area contributed by atoms with Crippen molar-refractivity contribution in [1.29, 1.82) is 0 Å². The van der Waals surface area contributed by atoms with Gasteiger partial charge >= 0.3 is 5.97 Å². The number of anilines is 1. The maximum Gasteiger partial charge on any atom is 0.337 e. The van der Waals surface area contributed by atoms with E-state index in [1.165, 1.54) is 23.9 Å². The zero-order chi connectivity index (χ0) is 18.8. The van der Waals surface area contributed by atoms with Crippen molar-refractivity contribution < 1.29 is 14.3 Å². The summed E-state index contributed by atoms with van der Waals surface area (Å²) in [4.78, 5) is 36.6. The summed E-state index contributed by atoms with van der Waals surface area (Å²) in [5.41, 5.74) is 1.76.